The molecule has 0 saturated carbocycles. The van der Waals surface area contributed by atoms with Gasteiger partial charge in [-0.2, -0.15) is 0 Å². The largest absolute Gasteiger partial charge is 0.415 e. The molecule has 2 aliphatic rings. The summed E-state index contributed by atoms with van der Waals surface area (Å²) in [7, 11) is 0. The number of aromatic nitrogens is 2. The van der Waals surface area contributed by atoms with E-state index in [9.17, 15) is 0 Å². The van der Waals surface area contributed by atoms with Crippen LogP contribution in [0.25, 0.3) is 17.0 Å². The van der Waals surface area contributed by atoms with Crippen molar-refractivity contribution in [3.63, 3.8) is 0 Å². The zero-order valence-corrected chi connectivity index (χ0v) is 16.0. The van der Waals surface area contributed by atoms with E-state index in [2.05, 4.69) is 42.2 Å². The Kier molecular flexibility index (Phi) is 3.23. The number of hydrogen-bond donors (Lipinski definition) is 0. The molecule has 29 heavy (non-hydrogen) atoms. The van der Waals surface area contributed by atoms with Gasteiger partial charge < -0.3 is 4.42 Å². The second-order valence-corrected chi connectivity index (χ2v) is 7.28. The SMILES string of the molecule is CC1=c2c(cc3c(c2C)N=c2ccccc2=3)N=C1c1nnc(-c2ccccc2)o1. The van der Waals surface area contributed by atoms with Crippen LogP contribution in [0.5, 0.6) is 0 Å². The van der Waals surface area contributed by atoms with Gasteiger partial charge in [-0.1, -0.05) is 36.4 Å². The van der Waals surface area contributed by atoms with Crippen molar-refractivity contribution in [2.45, 2.75) is 13.8 Å². The van der Waals surface area contributed by atoms with E-state index in [1.807, 2.05) is 42.5 Å². The fourth-order valence-electron chi connectivity index (χ4n) is 4.17. The third-order valence-corrected chi connectivity index (χ3v) is 5.56. The fraction of sp³-hybridized carbons (Fsp3) is 0.0833. The summed E-state index contributed by atoms with van der Waals surface area (Å²) in [5, 5.41) is 12.9. The Labute approximate surface area is 166 Å². The monoisotopic (exact) mass is 376 g/mol. The molecule has 138 valence electrons. The van der Waals surface area contributed by atoms with Crippen LogP contribution in [0.15, 0.2) is 75.1 Å². The highest BCUT2D eigenvalue weighted by molar-refractivity contribution is 6.28. The molecule has 0 N–H and O–H groups in total. The molecule has 0 saturated heterocycles. The highest BCUT2D eigenvalue weighted by Crippen LogP contribution is 2.30. The zero-order chi connectivity index (χ0) is 19.5. The van der Waals surface area contributed by atoms with Crippen LogP contribution in [0.2, 0.25) is 0 Å². The molecule has 0 amide bonds. The molecule has 6 rings (SSSR count). The fourth-order valence-corrected chi connectivity index (χ4v) is 4.17. The van der Waals surface area contributed by atoms with E-state index >= 15 is 0 Å². The molecule has 5 heteroatoms. The number of hydrogen-bond acceptors (Lipinski definition) is 5. The van der Waals surface area contributed by atoms with E-state index in [4.69, 9.17) is 14.4 Å². The maximum Gasteiger partial charge on any atom is 0.266 e. The van der Waals surface area contributed by atoms with Crippen molar-refractivity contribution >= 4 is 22.7 Å². The van der Waals surface area contributed by atoms with Gasteiger partial charge in [-0.25, -0.2) is 9.98 Å². The minimum atomic E-state index is 0.439. The molecular formula is C24H16N4O. The van der Waals surface area contributed by atoms with Crippen molar-refractivity contribution in [2.75, 3.05) is 0 Å². The molecule has 2 aliphatic heterocycles. The molecule has 0 bridgehead atoms. The Hall–Kier alpha value is -3.86. The number of rotatable bonds is 2. The predicted octanol–water partition coefficient (Wildman–Crippen LogP) is 3.90. The average molecular weight is 376 g/mol. The first-order valence-electron chi connectivity index (χ1n) is 9.52. The molecule has 3 aromatic carbocycles. The van der Waals surface area contributed by atoms with Crippen LogP contribution in [-0.2, 0) is 0 Å². The van der Waals surface area contributed by atoms with Gasteiger partial charge in [0.1, 0.15) is 5.71 Å². The minimum absolute atomic E-state index is 0.439. The third kappa shape index (κ3) is 2.27. The van der Waals surface area contributed by atoms with E-state index < -0.39 is 0 Å². The molecule has 0 fully saturated rings. The maximum atomic E-state index is 5.95. The second-order valence-electron chi connectivity index (χ2n) is 7.28. The summed E-state index contributed by atoms with van der Waals surface area (Å²) in [5.74, 6) is 0.935. The standard InChI is InChI=1S/C24H16N4O/c1-13-20-14(2)22(24-28-27-23(29-24)15-8-4-3-5-9-15)26-19(20)12-17-16-10-6-7-11-18(16)25-21(13)17/h3-12H,1-2H3. The Bertz CT molecular complexity index is 1560. The lowest BCUT2D eigenvalue weighted by atomic mass is 10.0. The van der Waals surface area contributed by atoms with Gasteiger partial charge in [0.25, 0.3) is 5.89 Å². The van der Waals surface area contributed by atoms with E-state index in [1.54, 1.807) is 0 Å². The van der Waals surface area contributed by atoms with Crippen molar-refractivity contribution in [2.24, 2.45) is 9.98 Å². The summed E-state index contributed by atoms with van der Waals surface area (Å²) >= 11 is 0. The van der Waals surface area contributed by atoms with Crippen LogP contribution >= 0.6 is 0 Å². The molecule has 0 atom stereocenters. The van der Waals surface area contributed by atoms with Crippen molar-refractivity contribution in [1.29, 1.82) is 0 Å². The van der Waals surface area contributed by atoms with Gasteiger partial charge in [0.05, 0.1) is 16.7 Å². The van der Waals surface area contributed by atoms with E-state index in [0.29, 0.717) is 11.8 Å². The van der Waals surface area contributed by atoms with Crippen molar-refractivity contribution in [1.82, 2.24) is 10.2 Å². The van der Waals surface area contributed by atoms with Crippen LogP contribution in [0.4, 0.5) is 11.4 Å². The molecule has 4 aromatic rings. The lowest BCUT2D eigenvalue weighted by Crippen LogP contribution is -2.10. The van der Waals surface area contributed by atoms with E-state index in [-0.39, 0.29) is 0 Å². The van der Waals surface area contributed by atoms with Crippen molar-refractivity contribution in [3.8, 4) is 11.5 Å². The predicted molar refractivity (Wildman–Crippen MR) is 111 cm³/mol. The highest BCUT2D eigenvalue weighted by atomic mass is 16.4. The normalized spacial score (nSPS) is 13.6. The molecule has 0 unspecified atom stereocenters. The number of aliphatic imine (C=N–C) groups is 1. The first-order valence-corrected chi connectivity index (χ1v) is 9.52. The molecule has 1 aromatic heterocycles. The third-order valence-electron chi connectivity index (χ3n) is 5.56. The van der Waals surface area contributed by atoms with Gasteiger partial charge in [0.15, 0.2) is 0 Å². The summed E-state index contributed by atoms with van der Waals surface area (Å²) in [4.78, 5) is 9.72. The number of nitrogens with zero attached hydrogens (tertiary/aromatic N) is 4. The van der Waals surface area contributed by atoms with Crippen molar-refractivity contribution < 1.29 is 4.42 Å². The lowest BCUT2D eigenvalue weighted by Gasteiger charge is -2.02. The van der Waals surface area contributed by atoms with Gasteiger partial charge in [0, 0.05) is 21.2 Å². The van der Waals surface area contributed by atoms with Crippen LogP contribution in [0.3, 0.4) is 0 Å². The molecule has 0 radical (unpaired) electrons. The van der Waals surface area contributed by atoms with Gasteiger partial charge in [-0.3, -0.25) is 0 Å². The minimum Gasteiger partial charge on any atom is -0.415 e. The summed E-state index contributed by atoms with van der Waals surface area (Å²) in [6, 6.07) is 20.1. The van der Waals surface area contributed by atoms with Gasteiger partial charge >= 0.3 is 0 Å². The Morgan fingerprint density at radius 3 is 2.38 bits per heavy atom. The van der Waals surface area contributed by atoms with E-state index in [1.165, 1.54) is 0 Å². The van der Waals surface area contributed by atoms with Crippen LogP contribution in [0, 0.1) is 17.4 Å². The summed E-state index contributed by atoms with van der Waals surface area (Å²) < 4.78 is 5.95. The highest BCUT2D eigenvalue weighted by Gasteiger charge is 2.24. The maximum absolute atomic E-state index is 5.95. The summed E-state index contributed by atoms with van der Waals surface area (Å²) in [6.45, 7) is 4.16. The quantitative estimate of drug-likeness (QED) is 0.469. The Morgan fingerprint density at radius 1 is 0.759 bits per heavy atom. The lowest BCUT2D eigenvalue weighted by molar-refractivity contribution is 0.559. The first kappa shape index (κ1) is 16.1. The zero-order valence-electron chi connectivity index (χ0n) is 16.0. The molecule has 0 spiro atoms. The number of benzene rings is 3. The Balaban J connectivity index is 1.55. The van der Waals surface area contributed by atoms with Gasteiger partial charge in [0.2, 0.25) is 5.89 Å². The summed E-state index contributed by atoms with van der Waals surface area (Å²) in [5.41, 5.74) is 5.75. The van der Waals surface area contributed by atoms with E-state index in [0.717, 1.165) is 54.8 Å². The van der Waals surface area contributed by atoms with Crippen molar-refractivity contribution in [3.05, 3.63) is 93.1 Å². The molecule has 3 heterocycles. The average Bonchev–Trinajstić information content (AvgIpc) is 3.45. The van der Waals surface area contributed by atoms with Gasteiger partial charge in [-0.15, -0.1) is 10.2 Å². The van der Waals surface area contributed by atoms with Crippen LogP contribution in [0.1, 0.15) is 18.4 Å². The number of fused-ring (bicyclic) bond motifs is 3. The first-order chi connectivity index (χ1) is 14.2. The van der Waals surface area contributed by atoms with Crippen LogP contribution < -0.4 is 10.6 Å². The summed E-state index contributed by atoms with van der Waals surface area (Å²) in [6.07, 6.45) is 0. The topological polar surface area (TPSA) is 63.6 Å². The second kappa shape index (κ2) is 5.82. The van der Waals surface area contributed by atoms with Crippen LogP contribution in [-0.4, -0.2) is 15.9 Å². The molecule has 5 nitrogen and oxygen atoms in total. The Morgan fingerprint density at radius 2 is 1.52 bits per heavy atom. The molecule has 0 aliphatic carbocycles. The van der Waals surface area contributed by atoms with Gasteiger partial charge in [-0.05, 0) is 49.2 Å². The number of para-hydroxylation sites is 1. The smallest absolute Gasteiger partial charge is 0.266 e. The molecular weight excluding hydrogens is 360 g/mol.